The smallest absolute Gasteiger partial charge is 0.253 e. The summed E-state index contributed by atoms with van der Waals surface area (Å²) in [5, 5.41) is 5.51. The number of hydrogen-bond acceptors (Lipinski definition) is 2. The molecule has 0 aromatic heterocycles. The van der Waals surface area contributed by atoms with Gasteiger partial charge in [-0.2, -0.15) is 0 Å². The van der Waals surface area contributed by atoms with Gasteiger partial charge in [-0.05, 0) is 42.7 Å². The summed E-state index contributed by atoms with van der Waals surface area (Å²) in [4.78, 5) is 24.0. The van der Waals surface area contributed by atoms with Gasteiger partial charge in [0.2, 0.25) is 0 Å². The number of carbonyl (C=O) groups excluding carboxylic acids is 2. The highest BCUT2D eigenvalue weighted by Crippen LogP contribution is 2.24. The van der Waals surface area contributed by atoms with E-state index in [0.29, 0.717) is 11.6 Å². The van der Waals surface area contributed by atoms with Gasteiger partial charge in [-0.1, -0.05) is 35.3 Å². The fourth-order valence-corrected chi connectivity index (χ4v) is 2.71. The first-order valence-electron chi connectivity index (χ1n) is 7.76. The van der Waals surface area contributed by atoms with Gasteiger partial charge in [0, 0.05) is 18.2 Å². The largest absolute Gasteiger partial charge is 0.349 e. The van der Waals surface area contributed by atoms with Crippen LogP contribution in [0.4, 0.5) is 4.39 Å². The van der Waals surface area contributed by atoms with Gasteiger partial charge >= 0.3 is 0 Å². The van der Waals surface area contributed by atoms with Gasteiger partial charge in [0.05, 0.1) is 15.6 Å². The summed E-state index contributed by atoms with van der Waals surface area (Å²) in [6.07, 6.45) is 2.06. The molecule has 0 atom stereocenters. The van der Waals surface area contributed by atoms with Gasteiger partial charge in [-0.25, -0.2) is 4.39 Å². The Kier molecular flexibility index (Phi) is 5.25. The number of rotatable bonds is 5. The van der Waals surface area contributed by atoms with E-state index in [1.54, 1.807) is 24.3 Å². The number of carbonyl (C=O) groups is 2. The van der Waals surface area contributed by atoms with Crippen LogP contribution in [-0.2, 0) is 6.54 Å². The lowest BCUT2D eigenvalue weighted by Gasteiger charge is -2.09. The van der Waals surface area contributed by atoms with Crippen LogP contribution in [0.1, 0.15) is 39.1 Å². The van der Waals surface area contributed by atoms with Crippen molar-refractivity contribution < 1.29 is 14.0 Å². The molecule has 25 heavy (non-hydrogen) atoms. The van der Waals surface area contributed by atoms with E-state index in [2.05, 4.69) is 10.6 Å². The van der Waals surface area contributed by atoms with Crippen molar-refractivity contribution in [1.82, 2.24) is 10.6 Å². The normalized spacial score (nSPS) is 13.4. The lowest BCUT2D eigenvalue weighted by atomic mass is 10.1. The lowest BCUT2D eigenvalue weighted by Crippen LogP contribution is -2.25. The van der Waals surface area contributed by atoms with Crippen molar-refractivity contribution in [3.05, 3.63) is 69.0 Å². The Bertz CT molecular complexity index is 821. The van der Waals surface area contributed by atoms with E-state index >= 15 is 0 Å². The van der Waals surface area contributed by atoms with Crippen molar-refractivity contribution in [2.75, 3.05) is 0 Å². The molecule has 1 saturated carbocycles. The van der Waals surface area contributed by atoms with Crippen molar-refractivity contribution >= 4 is 35.0 Å². The third-order valence-corrected chi connectivity index (χ3v) is 4.44. The Morgan fingerprint density at radius 3 is 2.36 bits per heavy atom. The number of amides is 2. The number of halogens is 3. The van der Waals surface area contributed by atoms with E-state index in [1.165, 1.54) is 6.07 Å². The summed E-state index contributed by atoms with van der Waals surface area (Å²) in [6.45, 7) is 0.226. The van der Waals surface area contributed by atoms with Crippen LogP contribution in [0, 0.1) is 5.82 Å². The van der Waals surface area contributed by atoms with Crippen LogP contribution in [0.3, 0.4) is 0 Å². The monoisotopic (exact) mass is 380 g/mol. The van der Waals surface area contributed by atoms with Gasteiger partial charge in [0.1, 0.15) is 5.82 Å². The fraction of sp³-hybridized carbons (Fsp3) is 0.222. The molecule has 7 heteroatoms. The number of hydrogen-bond donors (Lipinski definition) is 2. The lowest BCUT2D eigenvalue weighted by molar-refractivity contribution is 0.0941. The van der Waals surface area contributed by atoms with Crippen molar-refractivity contribution in [2.45, 2.75) is 25.4 Å². The molecular weight excluding hydrogens is 366 g/mol. The average molecular weight is 381 g/mol. The minimum absolute atomic E-state index is 0.0176. The fourth-order valence-electron chi connectivity index (χ4n) is 2.24. The molecule has 0 heterocycles. The van der Waals surface area contributed by atoms with E-state index in [0.717, 1.165) is 24.5 Å². The highest BCUT2D eigenvalue weighted by molar-refractivity contribution is 6.36. The zero-order valence-electron chi connectivity index (χ0n) is 13.1. The minimum Gasteiger partial charge on any atom is -0.349 e. The third kappa shape index (κ3) is 4.50. The molecule has 0 saturated heterocycles. The molecule has 0 bridgehead atoms. The quantitative estimate of drug-likeness (QED) is 0.771. The molecule has 0 unspecified atom stereocenters. The van der Waals surface area contributed by atoms with E-state index < -0.39 is 11.7 Å². The van der Waals surface area contributed by atoms with Crippen molar-refractivity contribution in [2.24, 2.45) is 0 Å². The zero-order valence-corrected chi connectivity index (χ0v) is 14.6. The summed E-state index contributed by atoms with van der Waals surface area (Å²) < 4.78 is 13.5. The Morgan fingerprint density at radius 2 is 1.72 bits per heavy atom. The molecule has 1 fully saturated rings. The van der Waals surface area contributed by atoms with Gasteiger partial charge in [0.25, 0.3) is 11.8 Å². The van der Waals surface area contributed by atoms with Crippen LogP contribution in [0.15, 0.2) is 36.4 Å². The summed E-state index contributed by atoms with van der Waals surface area (Å²) >= 11 is 11.5. The molecule has 130 valence electrons. The van der Waals surface area contributed by atoms with Crippen molar-refractivity contribution in [3.8, 4) is 0 Å². The summed E-state index contributed by atoms with van der Waals surface area (Å²) in [6, 6.07) is 9.42. The molecule has 2 aromatic carbocycles. The van der Waals surface area contributed by atoms with E-state index in [-0.39, 0.29) is 28.1 Å². The van der Waals surface area contributed by atoms with Gasteiger partial charge in [-0.15, -0.1) is 0 Å². The molecule has 2 amide bonds. The minimum atomic E-state index is -0.706. The number of benzene rings is 2. The molecule has 1 aliphatic carbocycles. The predicted octanol–water partition coefficient (Wildman–Crippen LogP) is 3.95. The zero-order chi connectivity index (χ0) is 18.0. The van der Waals surface area contributed by atoms with E-state index in [4.69, 9.17) is 23.2 Å². The molecule has 1 aliphatic rings. The highest BCUT2D eigenvalue weighted by atomic mass is 35.5. The Balaban J connectivity index is 1.60. The topological polar surface area (TPSA) is 58.2 Å². The van der Waals surface area contributed by atoms with E-state index in [1.807, 2.05) is 0 Å². The van der Waals surface area contributed by atoms with E-state index in [9.17, 15) is 14.0 Å². The first-order valence-corrected chi connectivity index (χ1v) is 8.52. The number of nitrogens with one attached hydrogen (secondary N) is 2. The molecule has 2 aromatic rings. The average Bonchev–Trinajstić information content (AvgIpc) is 3.40. The Morgan fingerprint density at radius 1 is 1.04 bits per heavy atom. The second-order valence-electron chi connectivity index (χ2n) is 5.87. The van der Waals surface area contributed by atoms with Gasteiger partial charge < -0.3 is 10.6 Å². The maximum Gasteiger partial charge on any atom is 0.253 e. The molecule has 0 aliphatic heterocycles. The molecule has 0 radical (unpaired) electrons. The van der Waals surface area contributed by atoms with Crippen LogP contribution >= 0.6 is 23.2 Å². The first-order chi connectivity index (χ1) is 11.9. The molecular formula is C18H15Cl2FN2O2. The second-order valence-corrected chi connectivity index (χ2v) is 6.69. The van der Waals surface area contributed by atoms with Crippen LogP contribution in [0.25, 0.3) is 0 Å². The Labute approximate surface area is 154 Å². The summed E-state index contributed by atoms with van der Waals surface area (Å²) in [7, 11) is 0. The predicted molar refractivity (Wildman–Crippen MR) is 94.5 cm³/mol. The first kappa shape index (κ1) is 17.7. The van der Waals surface area contributed by atoms with Crippen LogP contribution < -0.4 is 10.6 Å². The van der Waals surface area contributed by atoms with Crippen LogP contribution in [-0.4, -0.2) is 17.9 Å². The summed E-state index contributed by atoms with van der Waals surface area (Å²) in [5.41, 5.74) is 1.40. The third-order valence-electron chi connectivity index (χ3n) is 3.84. The van der Waals surface area contributed by atoms with Crippen molar-refractivity contribution in [1.29, 1.82) is 0 Å². The molecule has 3 rings (SSSR count). The second kappa shape index (κ2) is 7.42. The van der Waals surface area contributed by atoms with Crippen LogP contribution in [0.5, 0.6) is 0 Å². The Hall–Kier alpha value is -2.11. The maximum atomic E-state index is 13.5. The molecule has 4 nitrogen and oxygen atoms in total. The standard InChI is InChI=1S/C18H15Cl2FN2O2/c19-14-8-15(20)16(21)7-13(14)18(25)22-9-10-1-3-11(4-2-10)17(24)23-12-5-6-12/h1-4,7-8,12H,5-6,9H2,(H,22,25)(H,23,24). The van der Waals surface area contributed by atoms with Crippen molar-refractivity contribution in [3.63, 3.8) is 0 Å². The maximum absolute atomic E-state index is 13.5. The van der Waals surface area contributed by atoms with Gasteiger partial charge in [-0.3, -0.25) is 9.59 Å². The van der Waals surface area contributed by atoms with Crippen LogP contribution in [0.2, 0.25) is 10.0 Å². The SMILES string of the molecule is O=C(NC1CC1)c1ccc(CNC(=O)c2cc(F)c(Cl)cc2Cl)cc1. The molecule has 2 N–H and O–H groups in total. The van der Waals surface area contributed by atoms with Gasteiger partial charge in [0.15, 0.2) is 0 Å². The summed E-state index contributed by atoms with van der Waals surface area (Å²) in [5.74, 6) is -1.31. The highest BCUT2D eigenvalue weighted by Gasteiger charge is 2.23. The molecule has 0 spiro atoms.